The number of benzene rings is 1. The van der Waals surface area contributed by atoms with Crippen molar-refractivity contribution in [2.45, 2.75) is 43.2 Å². The van der Waals surface area contributed by atoms with Crippen LogP contribution in [0.5, 0.6) is 11.8 Å². The van der Waals surface area contributed by atoms with Gasteiger partial charge in [0.1, 0.15) is 16.8 Å². The first-order valence-corrected chi connectivity index (χ1v) is 8.63. The molecule has 1 fully saturated rings. The normalized spacial score (nSPS) is 30.4. The highest BCUT2D eigenvalue weighted by molar-refractivity contribution is 5.65. The van der Waals surface area contributed by atoms with Crippen LogP contribution in [0, 0.1) is 6.57 Å². The van der Waals surface area contributed by atoms with E-state index < -0.39 is 52.6 Å². The number of nitrogens with zero attached hydrogens (tertiary/aromatic N) is 2. The molecule has 2 aromatic rings. The second kappa shape index (κ2) is 5.44. The number of aliphatic hydroxyl groups excluding tert-OH is 1. The molecule has 154 valence electrons. The minimum absolute atomic E-state index is 0.00288. The predicted molar refractivity (Wildman–Crippen MR) is 92.8 cm³/mol. The van der Waals surface area contributed by atoms with Crippen molar-refractivity contribution in [2.75, 3.05) is 6.61 Å². The summed E-state index contributed by atoms with van der Waals surface area (Å²) in [4.78, 5) is 2.87. The molecule has 0 aliphatic carbocycles. The zero-order valence-corrected chi connectivity index (χ0v) is 15.4. The summed E-state index contributed by atoms with van der Waals surface area (Å²) in [6.45, 7) is 9.24. The summed E-state index contributed by atoms with van der Waals surface area (Å²) in [6.07, 6.45) is -4.89. The third-order valence-corrected chi connectivity index (χ3v) is 6.00. The molecule has 0 saturated carbocycles. The van der Waals surface area contributed by atoms with E-state index in [9.17, 15) is 33.6 Å². The Labute approximate surface area is 163 Å². The van der Waals surface area contributed by atoms with Gasteiger partial charge in [-0.25, -0.2) is 4.85 Å². The lowest BCUT2D eigenvalue weighted by Gasteiger charge is -2.36. The first kappa shape index (κ1) is 19.6. The Balaban J connectivity index is 1.98. The van der Waals surface area contributed by atoms with Gasteiger partial charge < -0.3 is 25.2 Å². The topological polar surface area (TPSA) is 99.4 Å². The van der Waals surface area contributed by atoms with E-state index in [0.717, 1.165) is 10.6 Å². The highest BCUT2D eigenvalue weighted by Gasteiger charge is 2.71. The Morgan fingerprint density at radius 3 is 2.38 bits per heavy atom. The van der Waals surface area contributed by atoms with Crippen LogP contribution in [0.2, 0.25) is 0 Å². The van der Waals surface area contributed by atoms with Crippen LogP contribution in [0.1, 0.15) is 37.0 Å². The van der Waals surface area contributed by atoms with E-state index in [-0.39, 0.29) is 23.2 Å². The van der Waals surface area contributed by atoms with Gasteiger partial charge in [-0.15, -0.1) is 0 Å². The lowest BCUT2D eigenvalue weighted by atomic mass is 9.70. The molecule has 1 aromatic heterocycles. The van der Waals surface area contributed by atoms with Gasteiger partial charge in [0.15, 0.2) is 5.69 Å². The minimum atomic E-state index is -4.81. The zero-order chi connectivity index (χ0) is 21.6. The molecule has 29 heavy (non-hydrogen) atoms. The van der Waals surface area contributed by atoms with Gasteiger partial charge in [-0.1, -0.05) is 6.07 Å². The number of aliphatic hydroxyl groups is 2. The number of aromatic nitrogens is 1. The molecule has 1 aromatic carbocycles. The summed E-state index contributed by atoms with van der Waals surface area (Å²) in [5.41, 5.74) is -6.50. The van der Waals surface area contributed by atoms with Crippen LogP contribution in [0.4, 0.5) is 18.9 Å². The first-order chi connectivity index (χ1) is 13.3. The van der Waals surface area contributed by atoms with Crippen LogP contribution < -0.4 is 0 Å². The third-order valence-electron chi connectivity index (χ3n) is 6.00. The molecule has 2 aliphatic heterocycles. The monoisotopic (exact) mass is 410 g/mol. The van der Waals surface area contributed by atoms with Crippen molar-refractivity contribution in [3.05, 3.63) is 46.3 Å². The van der Waals surface area contributed by atoms with Crippen molar-refractivity contribution >= 4 is 5.69 Å². The summed E-state index contributed by atoms with van der Waals surface area (Å²) < 4.78 is 46.7. The highest BCUT2D eigenvalue weighted by Crippen LogP contribution is 2.67. The smallest absolute Gasteiger partial charge is 0.407 e. The number of aromatic hydroxyl groups is 2. The standard InChI is InChI=1S/C19H17F3N2O5/c1-16-7-18(28,8-25)17(2,29-16)13-12(16)14(26)24(15(13)27)9-4-5-11(23-3)10(6-9)19(20,21)22/h4-6,25-28H,7-8H2,1-2H3/t16?,17?,18-/m1/s1. The molecule has 4 N–H and O–H groups in total. The zero-order valence-electron chi connectivity index (χ0n) is 15.4. The van der Waals surface area contributed by atoms with Crippen molar-refractivity contribution in [1.29, 1.82) is 0 Å². The van der Waals surface area contributed by atoms with Gasteiger partial charge in [0, 0.05) is 6.42 Å². The Bertz CT molecular complexity index is 1090. The van der Waals surface area contributed by atoms with Crippen LogP contribution in [0.25, 0.3) is 10.5 Å². The minimum Gasteiger partial charge on any atom is -0.494 e. The van der Waals surface area contributed by atoms with Crippen LogP contribution in [-0.2, 0) is 22.1 Å². The van der Waals surface area contributed by atoms with Crippen molar-refractivity contribution in [2.24, 2.45) is 0 Å². The second-order valence-electron chi connectivity index (χ2n) is 7.78. The summed E-state index contributed by atoms with van der Waals surface area (Å²) in [7, 11) is 0. The number of alkyl halides is 3. The Kier molecular flexibility index (Phi) is 3.67. The van der Waals surface area contributed by atoms with Crippen molar-refractivity contribution < 1.29 is 38.3 Å². The molecule has 7 nitrogen and oxygen atoms in total. The molecule has 2 unspecified atom stereocenters. The van der Waals surface area contributed by atoms with Gasteiger partial charge in [-0.2, -0.15) is 13.2 Å². The van der Waals surface area contributed by atoms with E-state index in [1.165, 1.54) is 13.0 Å². The average Bonchev–Trinajstić information content (AvgIpc) is 3.13. The number of hydrogen-bond acceptors (Lipinski definition) is 5. The van der Waals surface area contributed by atoms with Crippen molar-refractivity contribution in [3.63, 3.8) is 0 Å². The fraction of sp³-hybridized carbons (Fsp3) is 0.421. The molecule has 2 bridgehead atoms. The molecule has 0 spiro atoms. The molecule has 2 aliphatic rings. The van der Waals surface area contributed by atoms with Crippen LogP contribution in [-0.4, -0.2) is 37.2 Å². The quantitative estimate of drug-likeness (QED) is 0.571. The summed E-state index contributed by atoms with van der Waals surface area (Å²) >= 11 is 0. The maximum absolute atomic E-state index is 13.3. The lowest BCUT2D eigenvalue weighted by molar-refractivity contribution is -0.148. The Morgan fingerprint density at radius 1 is 1.21 bits per heavy atom. The van der Waals surface area contributed by atoms with Crippen LogP contribution in [0.3, 0.4) is 0 Å². The van der Waals surface area contributed by atoms with E-state index in [4.69, 9.17) is 11.3 Å². The van der Waals surface area contributed by atoms with Gasteiger partial charge >= 0.3 is 6.18 Å². The number of halogens is 3. The van der Waals surface area contributed by atoms with Gasteiger partial charge in [0.25, 0.3) is 0 Å². The maximum atomic E-state index is 13.3. The van der Waals surface area contributed by atoms with Crippen molar-refractivity contribution in [1.82, 2.24) is 4.57 Å². The number of fused-ring (bicyclic) bond motifs is 5. The number of hydrogen-bond donors (Lipinski definition) is 4. The number of ether oxygens (including phenoxy) is 1. The third kappa shape index (κ3) is 2.23. The Morgan fingerprint density at radius 2 is 1.83 bits per heavy atom. The summed E-state index contributed by atoms with van der Waals surface area (Å²) in [6, 6.07) is 2.78. The molecular weight excluding hydrogens is 393 g/mol. The fourth-order valence-electron chi connectivity index (χ4n) is 4.67. The van der Waals surface area contributed by atoms with Crippen molar-refractivity contribution in [3.8, 4) is 17.4 Å². The average molecular weight is 410 g/mol. The largest absolute Gasteiger partial charge is 0.494 e. The second-order valence-corrected chi connectivity index (χ2v) is 7.78. The molecule has 4 rings (SSSR count). The molecule has 0 radical (unpaired) electrons. The molecular formula is C19H17F3N2O5. The van der Waals surface area contributed by atoms with Gasteiger partial charge in [0.2, 0.25) is 11.8 Å². The van der Waals surface area contributed by atoms with E-state index in [1.807, 2.05) is 0 Å². The lowest BCUT2D eigenvalue weighted by Crippen LogP contribution is -2.50. The Hall–Kier alpha value is -2.74. The fourth-order valence-corrected chi connectivity index (χ4v) is 4.67. The molecule has 3 atom stereocenters. The van der Waals surface area contributed by atoms with Crippen LogP contribution in [0.15, 0.2) is 18.2 Å². The SMILES string of the molecule is [C-]#[N+]c1ccc(-n2c(O)c3c(c2O)C2(C)OC3(C)C[C@@]2(O)CO)cc1C(F)(F)F. The van der Waals surface area contributed by atoms with Gasteiger partial charge in [-0.05, 0) is 26.0 Å². The molecule has 3 heterocycles. The van der Waals surface area contributed by atoms with Gasteiger partial charge in [-0.3, -0.25) is 4.57 Å². The highest BCUT2D eigenvalue weighted by atomic mass is 19.4. The molecule has 0 amide bonds. The molecule has 10 heteroatoms. The first-order valence-electron chi connectivity index (χ1n) is 8.63. The summed E-state index contributed by atoms with van der Waals surface area (Å²) in [5.74, 6) is -1.15. The summed E-state index contributed by atoms with van der Waals surface area (Å²) in [5, 5.41) is 42.1. The van der Waals surface area contributed by atoms with Gasteiger partial charge in [0.05, 0.1) is 35.6 Å². The maximum Gasteiger partial charge on any atom is 0.407 e. The number of rotatable bonds is 2. The van der Waals surface area contributed by atoms with E-state index >= 15 is 0 Å². The van der Waals surface area contributed by atoms with E-state index in [1.54, 1.807) is 6.92 Å². The van der Waals surface area contributed by atoms with E-state index in [2.05, 4.69) is 4.85 Å². The van der Waals surface area contributed by atoms with E-state index in [0.29, 0.717) is 6.07 Å². The predicted octanol–water partition coefficient (Wildman–Crippen LogP) is 3.05. The molecule has 1 saturated heterocycles. The van der Waals surface area contributed by atoms with Crippen LogP contribution >= 0.6 is 0 Å².